The van der Waals surface area contributed by atoms with E-state index in [4.69, 9.17) is 0 Å². The zero-order chi connectivity index (χ0) is 14.1. The molecule has 20 heavy (non-hydrogen) atoms. The van der Waals surface area contributed by atoms with Crippen LogP contribution in [0.25, 0.3) is 0 Å². The smallest absolute Gasteiger partial charge is 0.256 e. The molecule has 1 atom stereocenters. The second kappa shape index (κ2) is 5.29. The van der Waals surface area contributed by atoms with Gasteiger partial charge in [-0.15, -0.1) is 11.3 Å². The van der Waals surface area contributed by atoms with E-state index in [1.54, 1.807) is 11.3 Å². The summed E-state index contributed by atoms with van der Waals surface area (Å²) in [7, 11) is 0. The summed E-state index contributed by atoms with van der Waals surface area (Å²) in [6, 6.07) is 10.3. The lowest BCUT2D eigenvalue weighted by molar-refractivity contribution is 0.0936. The Kier molecular flexibility index (Phi) is 3.49. The van der Waals surface area contributed by atoms with Crippen LogP contribution < -0.4 is 10.6 Å². The predicted molar refractivity (Wildman–Crippen MR) is 83.3 cm³/mol. The molecule has 3 nitrogen and oxygen atoms in total. The molecule has 1 amide bonds. The van der Waals surface area contributed by atoms with Crippen LogP contribution in [0.15, 0.2) is 30.3 Å². The lowest BCUT2D eigenvalue weighted by Crippen LogP contribution is -2.37. The standard InChI is InChI=1S/C16H18N2OS/c1-3-4-12-9-13-15(19)17-14(18-16(13)20-12)11-7-5-10(2)6-8-11/h5-9,14,18H,3-4H2,1-2H3,(H,17,19). The highest BCUT2D eigenvalue weighted by atomic mass is 32.1. The van der Waals surface area contributed by atoms with E-state index in [0.29, 0.717) is 0 Å². The molecule has 1 aliphatic heterocycles. The molecule has 2 heterocycles. The van der Waals surface area contributed by atoms with E-state index in [0.717, 1.165) is 29.0 Å². The number of benzene rings is 1. The van der Waals surface area contributed by atoms with E-state index in [-0.39, 0.29) is 12.1 Å². The van der Waals surface area contributed by atoms with Crippen LogP contribution in [0, 0.1) is 6.92 Å². The predicted octanol–water partition coefficient (Wildman–Crippen LogP) is 3.86. The van der Waals surface area contributed by atoms with Crippen LogP contribution in [-0.4, -0.2) is 5.91 Å². The van der Waals surface area contributed by atoms with Crippen molar-refractivity contribution < 1.29 is 4.79 Å². The summed E-state index contributed by atoms with van der Waals surface area (Å²) in [5.41, 5.74) is 3.08. The first-order valence-corrected chi connectivity index (χ1v) is 7.75. The molecule has 1 aliphatic rings. The molecule has 0 spiro atoms. The van der Waals surface area contributed by atoms with E-state index in [2.05, 4.69) is 48.7 Å². The fourth-order valence-electron chi connectivity index (χ4n) is 2.39. The molecule has 4 heteroatoms. The van der Waals surface area contributed by atoms with E-state index >= 15 is 0 Å². The summed E-state index contributed by atoms with van der Waals surface area (Å²) >= 11 is 1.69. The average Bonchev–Trinajstić information content (AvgIpc) is 2.83. The Hall–Kier alpha value is -1.81. The van der Waals surface area contributed by atoms with Gasteiger partial charge < -0.3 is 10.6 Å². The van der Waals surface area contributed by atoms with Crippen molar-refractivity contribution in [3.05, 3.63) is 51.9 Å². The lowest BCUT2D eigenvalue weighted by Gasteiger charge is -2.26. The maximum absolute atomic E-state index is 12.2. The fourth-order valence-corrected chi connectivity index (χ4v) is 3.57. The van der Waals surface area contributed by atoms with Crippen molar-refractivity contribution in [3.8, 4) is 0 Å². The molecular weight excluding hydrogens is 268 g/mol. The van der Waals surface area contributed by atoms with E-state index in [1.807, 2.05) is 6.07 Å². The number of aryl methyl sites for hydroxylation is 2. The molecule has 0 saturated heterocycles. The summed E-state index contributed by atoms with van der Waals surface area (Å²) in [6.45, 7) is 4.21. The van der Waals surface area contributed by atoms with E-state index in [1.165, 1.54) is 10.4 Å². The monoisotopic (exact) mass is 286 g/mol. The first-order chi connectivity index (χ1) is 9.67. The van der Waals surface area contributed by atoms with Gasteiger partial charge in [0.1, 0.15) is 11.2 Å². The van der Waals surface area contributed by atoms with Crippen molar-refractivity contribution >= 4 is 22.2 Å². The van der Waals surface area contributed by atoms with Crippen molar-refractivity contribution in [3.63, 3.8) is 0 Å². The van der Waals surface area contributed by atoms with Gasteiger partial charge in [0.05, 0.1) is 5.56 Å². The number of fused-ring (bicyclic) bond motifs is 1. The highest BCUT2D eigenvalue weighted by Crippen LogP contribution is 2.34. The molecule has 1 unspecified atom stereocenters. The zero-order valence-electron chi connectivity index (χ0n) is 11.7. The van der Waals surface area contributed by atoms with Crippen LogP contribution in [0.3, 0.4) is 0 Å². The van der Waals surface area contributed by atoms with Gasteiger partial charge in [-0.05, 0) is 25.0 Å². The second-order valence-corrected chi connectivity index (χ2v) is 6.30. The summed E-state index contributed by atoms with van der Waals surface area (Å²) in [6.07, 6.45) is 1.99. The first-order valence-electron chi connectivity index (χ1n) is 6.94. The van der Waals surface area contributed by atoms with Crippen LogP contribution in [0.5, 0.6) is 0 Å². The molecule has 0 radical (unpaired) electrons. The van der Waals surface area contributed by atoms with Crippen LogP contribution in [-0.2, 0) is 6.42 Å². The van der Waals surface area contributed by atoms with Gasteiger partial charge in [0, 0.05) is 4.88 Å². The van der Waals surface area contributed by atoms with Crippen molar-refractivity contribution in [2.24, 2.45) is 0 Å². The minimum Gasteiger partial charge on any atom is -0.353 e. The number of hydrogen-bond acceptors (Lipinski definition) is 3. The van der Waals surface area contributed by atoms with Crippen molar-refractivity contribution in [1.82, 2.24) is 5.32 Å². The quantitative estimate of drug-likeness (QED) is 0.899. The van der Waals surface area contributed by atoms with Gasteiger partial charge in [-0.2, -0.15) is 0 Å². The van der Waals surface area contributed by atoms with Crippen molar-refractivity contribution in [2.45, 2.75) is 32.9 Å². The SMILES string of the molecule is CCCc1cc2c(s1)NC(c1ccc(C)cc1)NC2=O. The zero-order valence-corrected chi connectivity index (χ0v) is 12.5. The Balaban J connectivity index is 1.88. The second-order valence-electron chi connectivity index (χ2n) is 5.17. The Morgan fingerprint density at radius 3 is 2.65 bits per heavy atom. The number of thiophene rings is 1. The summed E-state index contributed by atoms with van der Waals surface area (Å²) in [5, 5.41) is 7.44. The molecule has 0 aliphatic carbocycles. The largest absolute Gasteiger partial charge is 0.353 e. The molecular formula is C16H18N2OS. The first kappa shape index (κ1) is 13.2. The normalized spacial score (nSPS) is 17.3. The molecule has 2 N–H and O–H groups in total. The Bertz CT molecular complexity index is 630. The van der Waals surface area contributed by atoms with Crippen LogP contribution in [0.1, 0.15) is 45.9 Å². The fraction of sp³-hybridized carbons (Fsp3) is 0.312. The van der Waals surface area contributed by atoms with Crippen LogP contribution >= 0.6 is 11.3 Å². The molecule has 0 fully saturated rings. The topological polar surface area (TPSA) is 41.1 Å². The van der Waals surface area contributed by atoms with Gasteiger partial charge in [0.25, 0.3) is 5.91 Å². The van der Waals surface area contributed by atoms with Crippen LogP contribution in [0.4, 0.5) is 5.00 Å². The number of anilines is 1. The number of carbonyl (C=O) groups excluding carboxylic acids is 1. The molecule has 104 valence electrons. The van der Waals surface area contributed by atoms with Crippen molar-refractivity contribution in [2.75, 3.05) is 5.32 Å². The van der Waals surface area contributed by atoms with Gasteiger partial charge in [-0.25, -0.2) is 0 Å². The Labute approximate surface area is 123 Å². The third-order valence-corrected chi connectivity index (χ3v) is 4.61. The minimum atomic E-state index is -0.135. The summed E-state index contributed by atoms with van der Waals surface area (Å²) in [5.74, 6) is 0.0166. The van der Waals surface area contributed by atoms with E-state index in [9.17, 15) is 4.79 Å². The highest BCUT2D eigenvalue weighted by Gasteiger charge is 2.26. The molecule has 1 aromatic carbocycles. The molecule has 3 rings (SSSR count). The third-order valence-electron chi connectivity index (χ3n) is 3.49. The van der Waals surface area contributed by atoms with Gasteiger partial charge in [0.15, 0.2) is 0 Å². The number of hydrogen-bond donors (Lipinski definition) is 2. The van der Waals surface area contributed by atoms with Crippen molar-refractivity contribution in [1.29, 1.82) is 0 Å². The van der Waals surface area contributed by atoms with Gasteiger partial charge in [-0.3, -0.25) is 4.79 Å². The summed E-state index contributed by atoms with van der Waals surface area (Å²) < 4.78 is 0. The average molecular weight is 286 g/mol. The van der Waals surface area contributed by atoms with Gasteiger partial charge in [-0.1, -0.05) is 43.2 Å². The third kappa shape index (κ3) is 2.43. The number of nitrogens with one attached hydrogen (secondary N) is 2. The molecule has 0 bridgehead atoms. The number of carbonyl (C=O) groups is 1. The summed E-state index contributed by atoms with van der Waals surface area (Å²) in [4.78, 5) is 13.5. The maximum atomic E-state index is 12.2. The van der Waals surface area contributed by atoms with E-state index < -0.39 is 0 Å². The van der Waals surface area contributed by atoms with Crippen LogP contribution in [0.2, 0.25) is 0 Å². The maximum Gasteiger partial charge on any atom is 0.256 e. The molecule has 0 saturated carbocycles. The number of amides is 1. The van der Waals surface area contributed by atoms with Gasteiger partial charge in [0.2, 0.25) is 0 Å². The highest BCUT2D eigenvalue weighted by molar-refractivity contribution is 7.16. The minimum absolute atomic E-state index is 0.0166. The lowest BCUT2D eigenvalue weighted by atomic mass is 10.1. The molecule has 1 aromatic heterocycles. The number of rotatable bonds is 3. The Morgan fingerprint density at radius 1 is 1.20 bits per heavy atom. The Morgan fingerprint density at radius 2 is 1.95 bits per heavy atom. The van der Waals surface area contributed by atoms with Gasteiger partial charge >= 0.3 is 0 Å². The molecule has 2 aromatic rings.